The van der Waals surface area contributed by atoms with Crippen LogP contribution in [0.15, 0.2) is 24.8 Å². The molecular formula is C14H17F3O. The molecule has 1 unspecified atom stereocenters. The van der Waals surface area contributed by atoms with E-state index in [4.69, 9.17) is 0 Å². The highest BCUT2D eigenvalue weighted by molar-refractivity contribution is 5.23. The molecular weight excluding hydrogens is 241 g/mol. The zero-order valence-corrected chi connectivity index (χ0v) is 10.1. The van der Waals surface area contributed by atoms with Crippen LogP contribution in [0.4, 0.5) is 13.2 Å². The van der Waals surface area contributed by atoms with Crippen molar-refractivity contribution in [2.75, 3.05) is 0 Å². The minimum atomic E-state index is -1.23. The Balaban J connectivity index is 2.56. The summed E-state index contributed by atoms with van der Waals surface area (Å²) in [6.45, 7) is 3.59. The lowest BCUT2D eigenvalue weighted by atomic mass is 10.0. The molecule has 4 heteroatoms. The van der Waals surface area contributed by atoms with Crippen molar-refractivity contribution in [2.45, 2.75) is 38.2 Å². The number of unbranched alkanes of at least 4 members (excludes halogenated alkanes) is 3. The van der Waals surface area contributed by atoms with E-state index in [1.165, 1.54) is 0 Å². The van der Waals surface area contributed by atoms with E-state index in [-0.39, 0.29) is 6.42 Å². The van der Waals surface area contributed by atoms with Crippen LogP contribution in [0.5, 0.6) is 0 Å². The first-order valence-corrected chi connectivity index (χ1v) is 5.99. The third-order valence-electron chi connectivity index (χ3n) is 2.76. The number of allylic oxidation sites excluding steroid dienone is 1. The first-order valence-electron chi connectivity index (χ1n) is 5.99. The molecule has 0 heterocycles. The quantitative estimate of drug-likeness (QED) is 0.572. The molecule has 0 spiro atoms. The molecule has 0 radical (unpaired) electrons. The van der Waals surface area contributed by atoms with E-state index in [2.05, 4.69) is 6.58 Å². The number of hydrogen-bond donors (Lipinski definition) is 1. The summed E-state index contributed by atoms with van der Waals surface area (Å²) in [6.07, 6.45) is 4.17. The number of aliphatic hydroxyl groups is 1. The minimum absolute atomic E-state index is 0.261. The SMILES string of the molecule is C=CCCCCCC(O)c1c(F)cc(F)cc1F. The van der Waals surface area contributed by atoms with Gasteiger partial charge in [-0.3, -0.25) is 0 Å². The van der Waals surface area contributed by atoms with Crippen molar-refractivity contribution in [1.82, 2.24) is 0 Å². The molecule has 100 valence electrons. The summed E-state index contributed by atoms with van der Waals surface area (Å²) < 4.78 is 39.4. The number of hydrogen-bond acceptors (Lipinski definition) is 1. The molecule has 0 aliphatic heterocycles. The van der Waals surface area contributed by atoms with E-state index in [1.807, 2.05) is 0 Å². The van der Waals surface area contributed by atoms with Gasteiger partial charge in [0.05, 0.1) is 11.7 Å². The topological polar surface area (TPSA) is 20.2 Å². The molecule has 1 aromatic rings. The van der Waals surface area contributed by atoms with Crippen LogP contribution in [0.2, 0.25) is 0 Å². The highest BCUT2D eigenvalue weighted by atomic mass is 19.1. The molecule has 1 atom stereocenters. The zero-order chi connectivity index (χ0) is 13.5. The molecule has 1 N–H and O–H groups in total. The van der Waals surface area contributed by atoms with Crippen LogP contribution in [0.1, 0.15) is 43.8 Å². The molecule has 1 rings (SSSR count). The molecule has 0 bridgehead atoms. The fourth-order valence-electron chi connectivity index (χ4n) is 1.82. The van der Waals surface area contributed by atoms with Gasteiger partial charge in [0.25, 0.3) is 0 Å². The minimum Gasteiger partial charge on any atom is -0.388 e. The van der Waals surface area contributed by atoms with Gasteiger partial charge in [0.15, 0.2) is 0 Å². The first kappa shape index (κ1) is 14.8. The maximum Gasteiger partial charge on any atom is 0.134 e. The summed E-state index contributed by atoms with van der Waals surface area (Å²) in [5.41, 5.74) is -0.444. The fourth-order valence-corrected chi connectivity index (χ4v) is 1.82. The van der Waals surface area contributed by atoms with Gasteiger partial charge in [-0.15, -0.1) is 6.58 Å². The second-order valence-electron chi connectivity index (χ2n) is 4.23. The normalized spacial score (nSPS) is 12.4. The Morgan fingerprint density at radius 3 is 2.28 bits per heavy atom. The highest BCUT2D eigenvalue weighted by Gasteiger charge is 2.18. The molecule has 0 saturated heterocycles. The Bertz CT molecular complexity index is 381. The third kappa shape index (κ3) is 4.18. The Labute approximate surface area is 105 Å². The molecule has 1 aromatic carbocycles. The molecule has 0 saturated carbocycles. The lowest BCUT2D eigenvalue weighted by Crippen LogP contribution is -2.05. The van der Waals surface area contributed by atoms with Crippen LogP contribution in [-0.4, -0.2) is 5.11 Å². The predicted molar refractivity (Wildman–Crippen MR) is 64.6 cm³/mol. The molecule has 1 nitrogen and oxygen atoms in total. The van der Waals surface area contributed by atoms with Crippen LogP contribution in [0, 0.1) is 17.5 Å². The summed E-state index contributed by atoms with van der Waals surface area (Å²) in [5.74, 6) is -3.05. The lowest BCUT2D eigenvalue weighted by molar-refractivity contribution is 0.153. The summed E-state index contributed by atoms with van der Waals surface area (Å²) in [4.78, 5) is 0. The van der Waals surface area contributed by atoms with Gasteiger partial charge in [0, 0.05) is 12.1 Å². The van der Waals surface area contributed by atoms with E-state index in [0.717, 1.165) is 19.3 Å². The average Bonchev–Trinajstić information content (AvgIpc) is 2.27. The monoisotopic (exact) mass is 258 g/mol. The van der Waals surface area contributed by atoms with Crippen molar-refractivity contribution in [3.05, 3.63) is 47.8 Å². The van der Waals surface area contributed by atoms with E-state index >= 15 is 0 Å². The van der Waals surface area contributed by atoms with Crippen molar-refractivity contribution in [3.63, 3.8) is 0 Å². The van der Waals surface area contributed by atoms with Crippen LogP contribution in [0.3, 0.4) is 0 Å². The Kier molecular flexibility index (Phi) is 5.92. The summed E-state index contributed by atoms with van der Waals surface area (Å²) in [6, 6.07) is 1.17. The molecule has 0 aromatic heterocycles. The van der Waals surface area contributed by atoms with Crippen LogP contribution in [0.25, 0.3) is 0 Å². The van der Waals surface area contributed by atoms with Crippen molar-refractivity contribution in [3.8, 4) is 0 Å². The average molecular weight is 258 g/mol. The van der Waals surface area contributed by atoms with Gasteiger partial charge in [-0.2, -0.15) is 0 Å². The van der Waals surface area contributed by atoms with Crippen LogP contribution < -0.4 is 0 Å². The standard InChI is InChI=1S/C14H17F3O/c1-2-3-4-5-6-7-13(18)14-11(16)8-10(15)9-12(14)17/h2,8-9,13,18H,1,3-7H2. The van der Waals surface area contributed by atoms with Crippen molar-refractivity contribution >= 4 is 0 Å². The van der Waals surface area contributed by atoms with Gasteiger partial charge in [0.1, 0.15) is 17.5 Å². The number of halogens is 3. The van der Waals surface area contributed by atoms with Crippen LogP contribution >= 0.6 is 0 Å². The predicted octanol–water partition coefficient (Wildman–Crippen LogP) is 4.27. The molecule has 0 amide bonds. The van der Waals surface area contributed by atoms with Crippen LogP contribution in [-0.2, 0) is 0 Å². The maximum atomic E-state index is 13.3. The van der Waals surface area contributed by atoms with Gasteiger partial charge in [-0.25, -0.2) is 13.2 Å². The van der Waals surface area contributed by atoms with Crippen molar-refractivity contribution in [2.24, 2.45) is 0 Å². The summed E-state index contributed by atoms with van der Waals surface area (Å²) >= 11 is 0. The maximum absolute atomic E-state index is 13.3. The van der Waals surface area contributed by atoms with Gasteiger partial charge < -0.3 is 5.11 Å². The van der Waals surface area contributed by atoms with Gasteiger partial charge in [0.2, 0.25) is 0 Å². The van der Waals surface area contributed by atoms with E-state index < -0.39 is 29.1 Å². The second kappa shape index (κ2) is 7.21. The van der Waals surface area contributed by atoms with E-state index in [9.17, 15) is 18.3 Å². The number of rotatable bonds is 7. The van der Waals surface area contributed by atoms with Gasteiger partial charge in [-0.05, 0) is 19.3 Å². The first-order chi connectivity index (χ1) is 8.56. The number of aliphatic hydroxyl groups excluding tert-OH is 1. The number of benzene rings is 1. The molecule has 0 aliphatic rings. The zero-order valence-electron chi connectivity index (χ0n) is 10.1. The Hall–Kier alpha value is -1.29. The lowest BCUT2D eigenvalue weighted by Gasteiger charge is -2.12. The largest absolute Gasteiger partial charge is 0.388 e. The summed E-state index contributed by atoms with van der Waals surface area (Å²) in [5, 5.41) is 9.71. The third-order valence-corrected chi connectivity index (χ3v) is 2.76. The fraction of sp³-hybridized carbons (Fsp3) is 0.429. The Morgan fingerprint density at radius 2 is 1.72 bits per heavy atom. The van der Waals surface area contributed by atoms with Gasteiger partial charge in [-0.1, -0.05) is 18.9 Å². The molecule has 0 aliphatic carbocycles. The molecule has 0 fully saturated rings. The summed E-state index contributed by atoms with van der Waals surface area (Å²) in [7, 11) is 0. The van der Waals surface area contributed by atoms with Crippen molar-refractivity contribution in [1.29, 1.82) is 0 Å². The molecule has 18 heavy (non-hydrogen) atoms. The van der Waals surface area contributed by atoms with E-state index in [0.29, 0.717) is 18.6 Å². The highest BCUT2D eigenvalue weighted by Crippen LogP contribution is 2.26. The van der Waals surface area contributed by atoms with Gasteiger partial charge >= 0.3 is 0 Å². The second-order valence-corrected chi connectivity index (χ2v) is 4.23. The van der Waals surface area contributed by atoms with Crippen molar-refractivity contribution < 1.29 is 18.3 Å². The smallest absolute Gasteiger partial charge is 0.134 e. The van der Waals surface area contributed by atoms with E-state index in [1.54, 1.807) is 6.08 Å². The Morgan fingerprint density at radius 1 is 1.11 bits per heavy atom.